The minimum Gasteiger partial charge on any atom is -0.484 e. The van der Waals surface area contributed by atoms with E-state index in [-0.39, 0.29) is 24.4 Å². The van der Waals surface area contributed by atoms with E-state index in [1.54, 1.807) is 68.7 Å². The summed E-state index contributed by atoms with van der Waals surface area (Å²) in [5.41, 5.74) is 5.85. The number of carbonyl (C=O) groups excluding carboxylic acids is 12. The highest BCUT2D eigenvalue weighted by Gasteiger charge is 2.53. The third-order valence-corrected chi connectivity index (χ3v) is 31.4. The van der Waals surface area contributed by atoms with Crippen LogP contribution in [0.2, 0.25) is 0 Å². The van der Waals surface area contributed by atoms with Crippen LogP contribution in [0.3, 0.4) is 0 Å². The number of morpholine rings is 1. The molecule has 0 radical (unpaired) electrons. The van der Waals surface area contributed by atoms with E-state index in [0.717, 1.165) is 78.2 Å². The Kier molecular flexibility index (Phi) is 27.1. The van der Waals surface area contributed by atoms with E-state index in [1.165, 1.54) is 53.5 Å². The summed E-state index contributed by atoms with van der Waals surface area (Å²) in [5, 5.41) is 0. The van der Waals surface area contributed by atoms with Crippen LogP contribution in [0.25, 0.3) is 45.3 Å². The van der Waals surface area contributed by atoms with Crippen molar-refractivity contribution >= 4 is 152 Å². The van der Waals surface area contributed by atoms with Gasteiger partial charge in [-0.1, -0.05) is 18.2 Å². The Bertz CT molecular complexity index is 5620. The molecule has 14 aliphatic rings. The summed E-state index contributed by atoms with van der Waals surface area (Å²) in [5.74, 6) is 0.387. The summed E-state index contributed by atoms with van der Waals surface area (Å²) >= 11 is 5.61. The maximum atomic E-state index is 12.9. The summed E-state index contributed by atoms with van der Waals surface area (Å²) in [6, 6.07) is 29.9. The highest BCUT2D eigenvalue weighted by molar-refractivity contribution is 8.05. The smallest absolute Gasteiger partial charge is 0.410 e. The SMILES string of the molecule is CC(C)(C)OC(=O)N1CCC2(CC1)CSC1=C(O2)c2cc(-c3cccnc3)ccc2C(=O)C1=O.CC(C)(C)OC(=O)N1CCC2(CC1)CSC1=C(O2)c2cc(-c3ccncc3)ccc2C(=O)C1=O.CC(C)(C)OC(=O)N1CCC2(CC1)CSC1=C(O2)c2cc(N3CCCCC3)ccc2C(=O)C1=O.CC(C)(C)OC(=O)N1CCC2(CC1)CSC1=C(O2)c2cc(N3CCOCC3)ccc2C(=O)C1=O. The minimum absolute atomic E-state index is 0.305. The van der Waals surface area contributed by atoms with Crippen molar-refractivity contribution < 1.29 is 100 Å². The molecule has 0 bridgehead atoms. The van der Waals surface area contributed by atoms with Crippen LogP contribution in [0.5, 0.6) is 0 Å². The van der Waals surface area contributed by atoms with Crippen molar-refractivity contribution in [1.82, 2.24) is 29.6 Å². The molecule has 0 unspecified atom stereocenters. The molecule has 6 aromatic rings. The van der Waals surface area contributed by atoms with Crippen molar-refractivity contribution in [1.29, 1.82) is 0 Å². The summed E-state index contributed by atoms with van der Waals surface area (Å²) in [6.07, 6.45) is 14.3. The second kappa shape index (κ2) is 38.3. The van der Waals surface area contributed by atoms with Crippen LogP contribution in [0, 0.1) is 0 Å². The molecule has 33 heteroatoms. The highest BCUT2D eigenvalue weighted by Crippen LogP contribution is 2.54. The zero-order valence-corrected chi connectivity index (χ0v) is 82.1. The van der Waals surface area contributed by atoms with Crippen molar-refractivity contribution in [2.75, 3.05) is 125 Å². The zero-order valence-electron chi connectivity index (χ0n) is 78.8. The Hall–Kier alpha value is -11.3. The third-order valence-electron chi connectivity index (χ3n) is 26.1. The number of anilines is 2. The molecule has 0 N–H and O–H groups in total. The predicted octanol–water partition coefficient (Wildman–Crippen LogP) is 17.6. The number of likely N-dealkylation sites (tertiary alicyclic amines) is 4. The van der Waals surface area contributed by atoms with Crippen LogP contribution in [0.1, 0.15) is 217 Å². The van der Waals surface area contributed by atoms with E-state index in [1.807, 2.05) is 156 Å². The van der Waals surface area contributed by atoms with Crippen molar-refractivity contribution in [3.05, 3.63) is 186 Å². The average Bonchev–Trinajstić information content (AvgIpc) is 0.749. The van der Waals surface area contributed by atoms with Crippen molar-refractivity contribution in [2.45, 2.75) is 199 Å². The van der Waals surface area contributed by atoms with Gasteiger partial charge < -0.3 is 72.0 Å². The number of hydrogen-bond donors (Lipinski definition) is 0. The lowest BCUT2D eigenvalue weighted by Crippen LogP contribution is -2.51. The van der Waals surface area contributed by atoms with Crippen molar-refractivity contribution in [2.24, 2.45) is 0 Å². The van der Waals surface area contributed by atoms with Gasteiger partial charge in [0.15, 0.2) is 0 Å². The number of hydrogen-bond acceptors (Lipinski definition) is 29. The first-order chi connectivity index (χ1) is 64.6. The molecule has 0 saturated carbocycles. The lowest BCUT2D eigenvalue weighted by molar-refractivity contribution is -0.112. The largest absolute Gasteiger partial charge is 0.484 e. The first-order valence-electron chi connectivity index (χ1n) is 46.6. The van der Waals surface area contributed by atoms with Crippen LogP contribution in [0.4, 0.5) is 30.6 Å². The van der Waals surface area contributed by atoms with Crippen molar-refractivity contribution in [3.8, 4) is 22.3 Å². The Balaban J connectivity index is 0.000000126. The molecule has 4 amide bonds. The molecule has 0 atom stereocenters. The normalized spacial score (nSPS) is 20.9. The number of thioether (sulfide) groups is 4. The molecular weight excluding hydrogens is 1810 g/mol. The fraction of sp³-hybridized carbons (Fsp3) is 0.476. The van der Waals surface area contributed by atoms with Crippen molar-refractivity contribution in [3.63, 3.8) is 0 Å². The quantitative estimate of drug-likeness (QED) is 0.117. The molecular formula is C103H114N8O21S4. The Morgan fingerprint density at radius 2 is 0.603 bits per heavy atom. The van der Waals surface area contributed by atoms with Gasteiger partial charge in [0.2, 0.25) is 46.3 Å². The second-order valence-electron chi connectivity index (χ2n) is 40.5. The number of allylic oxidation sites excluding steroid dienone is 4. The molecule has 6 saturated heterocycles. The number of piperidine rings is 5. The number of carbonyl (C=O) groups is 12. The summed E-state index contributed by atoms with van der Waals surface area (Å²) in [6.45, 7) is 31.3. The average molecular weight is 1930 g/mol. The number of fused-ring (bicyclic) bond motifs is 8. The first-order valence-corrected chi connectivity index (χ1v) is 50.6. The van der Waals surface area contributed by atoms with E-state index in [4.69, 9.17) is 42.6 Å². The monoisotopic (exact) mass is 1930 g/mol. The van der Waals surface area contributed by atoms with Gasteiger partial charge >= 0.3 is 24.4 Å². The van der Waals surface area contributed by atoms with E-state index in [2.05, 4.69) is 19.8 Å². The molecule has 4 spiro atoms. The number of benzene rings is 4. The maximum absolute atomic E-state index is 12.9. The number of amides is 4. The zero-order chi connectivity index (χ0) is 96.3. The van der Waals surface area contributed by atoms with Gasteiger partial charge in [0, 0.05) is 239 Å². The lowest BCUT2D eigenvalue weighted by atomic mass is 9.88. The van der Waals surface area contributed by atoms with Gasteiger partial charge in [0.25, 0.3) is 0 Å². The van der Waals surface area contributed by atoms with Gasteiger partial charge in [-0.05, 0) is 198 Å². The molecule has 29 nitrogen and oxygen atoms in total. The van der Waals surface area contributed by atoms with Crippen LogP contribution in [-0.4, -0.2) is 260 Å². The van der Waals surface area contributed by atoms with E-state index in [9.17, 15) is 57.5 Å². The second-order valence-corrected chi connectivity index (χ2v) is 44.5. The number of ketones is 8. The molecule has 10 aliphatic heterocycles. The van der Waals surface area contributed by atoms with Gasteiger partial charge in [-0.2, -0.15) is 0 Å². The Morgan fingerprint density at radius 1 is 0.309 bits per heavy atom. The number of rotatable bonds is 4. The minimum atomic E-state index is -0.548. The number of pyridine rings is 2. The lowest BCUT2D eigenvalue weighted by Gasteiger charge is -2.45. The molecule has 4 aromatic carbocycles. The van der Waals surface area contributed by atoms with Gasteiger partial charge in [0.1, 0.15) is 87.5 Å². The van der Waals surface area contributed by atoms with E-state index >= 15 is 0 Å². The molecule has 716 valence electrons. The van der Waals surface area contributed by atoms with Gasteiger partial charge in [-0.15, -0.1) is 47.0 Å². The molecule has 136 heavy (non-hydrogen) atoms. The van der Waals surface area contributed by atoms with Crippen LogP contribution in [0.15, 0.2) is 141 Å². The molecule has 12 heterocycles. The number of ether oxygens (including phenoxy) is 9. The maximum Gasteiger partial charge on any atom is 0.410 e. The number of nitrogens with zero attached hydrogens (tertiary/aromatic N) is 8. The van der Waals surface area contributed by atoms with Crippen LogP contribution in [-0.2, 0) is 61.8 Å². The molecule has 2 aromatic heterocycles. The summed E-state index contributed by atoms with van der Waals surface area (Å²) in [7, 11) is 0. The number of aromatic nitrogens is 2. The Morgan fingerprint density at radius 3 is 0.904 bits per heavy atom. The van der Waals surface area contributed by atoms with Crippen LogP contribution >= 0.6 is 47.0 Å². The summed E-state index contributed by atoms with van der Waals surface area (Å²) < 4.78 is 53.9. The number of Topliss-reactive ketones (excluding diaryl/α,β-unsaturated/α-hetero) is 8. The fourth-order valence-electron chi connectivity index (χ4n) is 18.7. The predicted molar refractivity (Wildman–Crippen MR) is 520 cm³/mol. The van der Waals surface area contributed by atoms with E-state index in [0.29, 0.717) is 222 Å². The van der Waals surface area contributed by atoms with Gasteiger partial charge in [0.05, 0.1) is 13.2 Å². The Labute approximate surface area is 808 Å². The molecule has 6 fully saturated rings. The molecule has 20 rings (SSSR count). The topological polar surface area (TPSA) is 333 Å². The van der Waals surface area contributed by atoms with Gasteiger partial charge in [-0.3, -0.25) is 48.3 Å². The highest BCUT2D eigenvalue weighted by atomic mass is 32.2. The molecule has 4 aliphatic carbocycles. The first kappa shape index (κ1) is 96.4. The van der Waals surface area contributed by atoms with Crippen LogP contribution < -0.4 is 9.80 Å². The van der Waals surface area contributed by atoms with E-state index < -0.39 is 91.1 Å². The standard InChI is InChI=1S/2C26H26N2O5S.C26H32N2O5S.C25H30N2O6S/c1-25(2,3)33-24(31)28-12-8-26(9-13-28)15-34-23-21(30)20(29)18-5-4-17(14-19(18)22(23)32-26)16-6-10-27-11-7-16;1-25(2,3)33-24(31)28-11-8-26(9-12-28)15-34-23-21(30)20(29)18-7-6-16(13-19(18)22(23)32-26)17-5-4-10-27-14-17;1-25(2,3)33-24(31)28-13-9-26(10-14-28)16-34-23-21(30)20(29)18-8-7-17(15-19(18)22(23)32-26)27-11-5-4-6-12-27;1-24(2,3)33-23(30)27-8-6-25(7-9-27)15-34-22-20(29)19(28)17-5-4-16(14-18(17)21(22)32-25)26-10-12-31-13-11-26/h4-7,10-11,14H,8-9,12-13,15H2,1-3H3;4-7,10,13-14H,8-9,11-12,15H2,1-3H3;7-8,15H,4-6,9-14,16H2,1-3H3;4-5,14H,6-13,15H2,1-3H3. The third kappa shape index (κ3) is 20.7. The summed E-state index contributed by atoms with van der Waals surface area (Å²) in [4.78, 5) is 174. The van der Waals surface area contributed by atoms with Gasteiger partial charge in [-0.25, -0.2) is 19.2 Å². The fourth-order valence-corrected chi connectivity index (χ4v) is 23.8.